The molecule has 0 aliphatic heterocycles. The van der Waals surface area contributed by atoms with Gasteiger partial charge in [0.05, 0.1) is 6.54 Å². The van der Waals surface area contributed by atoms with Crippen LogP contribution in [0.4, 0.5) is 0 Å². The Morgan fingerprint density at radius 1 is 1.11 bits per heavy atom. The highest BCUT2D eigenvalue weighted by molar-refractivity contribution is 5.31. The van der Waals surface area contributed by atoms with Crippen LogP contribution in [0.2, 0.25) is 0 Å². The Balaban J connectivity index is 1.96. The van der Waals surface area contributed by atoms with Gasteiger partial charge in [0.25, 0.3) is 5.89 Å². The van der Waals surface area contributed by atoms with Crippen LogP contribution in [-0.2, 0) is 18.6 Å². The number of aromatic nitrogens is 2. The number of hydrogen-bond acceptors (Lipinski definition) is 5. The summed E-state index contributed by atoms with van der Waals surface area (Å²) < 4.78 is 10.8. The summed E-state index contributed by atoms with van der Waals surface area (Å²) in [5.41, 5.74) is 6.80. The van der Waals surface area contributed by atoms with Gasteiger partial charge in [-0.15, -0.1) is 10.2 Å². The fourth-order valence-corrected chi connectivity index (χ4v) is 1.63. The third-order valence-electron chi connectivity index (χ3n) is 2.77. The van der Waals surface area contributed by atoms with Gasteiger partial charge < -0.3 is 14.9 Å². The minimum atomic E-state index is 0.140. The van der Waals surface area contributed by atoms with Gasteiger partial charge in [-0.1, -0.05) is 32.9 Å². The van der Waals surface area contributed by atoms with Crippen LogP contribution in [0.15, 0.2) is 28.7 Å². The highest BCUT2D eigenvalue weighted by atomic mass is 16.5. The Labute approximate surface area is 112 Å². The maximum atomic E-state index is 5.58. The molecule has 1 aromatic heterocycles. The van der Waals surface area contributed by atoms with Gasteiger partial charge in [-0.25, -0.2) is 0 Å². The molecular formula is C14H19N3O2. The van der Waals surface area contributed by atoms with Crippen molar-refractivity contribution in [1.82, 2.24) is 10.2 Å². The van der Waals surface area contributed by atoms with Gasteiger partial charge in [0.2, 0.25) is 5.89 Å². The Kier molecular flexibility index (Phi) is 3.85. The molecule has 1 heterocycles. The van der Waals surface area contributed by atoms with Gasteiger partial charge >= 0.3 is 0 Å². The van der Waals surface area contributed by atoms with Gasteiger partial charge in [0, 0.05) is 0 Å². The van der Waals surface area contributed by atoms with E-state index >= 15 is 0 Å². The van der Waals surface area contributed by atoms with Crippen LogP contribution in [-0.4, -0.2) is 10.2 Å². The molecule has 0 radical (unpaired) electrons. The van der Waals surface area contributed by atoms with Crippen molar-refractivity contribution in [2.45, 2.75) is 39.3 Å². The molecule has 2 rings (SSSR count). The molecule has 2 aromatic rings. The van der Waals surface area contributed by atoms with E-state index in [1.165, 1.54) is 5.56 Å². The number of hydrogen-bond donors (Lipinski definition) is 1. The van der Waals surface area contributed by atoms with Gasteiger partial charge in [0.1, 0.15) is 5.75 Å². The number of rotatable bonds is 4. The fourth-order valence-electron chi connectivity index (χ4n) is 1.63. The molecule has 102 valence electrons. The minimum absolute atomic E-state index is 0.140. The number of ether oxygens (including phenoxy) is 1. The Morgan fingerprint density at radius 2 is 1.74 bits per heavy atom. The Bertz CT molecular complexity index is 526. The van der Waals surface area contributed by atoms with E-state index in [1.807, 2.05) is 12.1 Å². The smallest absolute Gasteiger partial charge is 0.253 e. The third kappa shape index (κ3) is 3.54. The van der Waals surface area contributed by atoms with Crippen molar-refractivity contribution in [1.29, 1.82) is 0 Å². The van der Waals surface area contributed by atoms with Crippen molar-refractivity contribution in [2.24, 2.45) is 5.73 Å². The van der Waals surface area contributed by atoms with Crippen molar-refractivity contribution in [3.05, 3.63) is 41.6 Å². The van der Waals surface area contributed by atoms with E-state index in [9.17, 15) is 0 Å². The first-order chi connectivity index (χ1) is 8.99. The highest BCUT2D eigenvalue weighted by Gasteiger charge is 2.13. The number of nitrogens with zero attached hydrogens (tertiary/aromatic N) is 2. The standard InChI is InChI=1S/C14H19N3O2/c1-14(2,3)10-4-6-11(7-5-10)18-9-13-17-16-12(8-15)19-13/h4-7H,8-9,15H2,1-3H3. The van der Waals surface area contributed by atoms with Crippen molar-refractivity contribution in [3.8, 4) is 5.75 Å². The quantitative estimate of drug-likeness (QED) is 0.914. The average molecular weight is 261 g/mol. The summed E-state index contributed by atoms with van der Waals surface area (Å²) in [6, 6.07) is 8.02. The molecule has 0 amide bonds. The van der Waals surface area contributed by atoms with E-state index in [2.05, 4.69) is 43.1 Å². The first kappa shape index (κ1) is 13.5. The van der Waals surface area contributed by atoms with E-state index in [-0.39, 0.29) is 18.6 Å². The molecule has 0 aliphatic rings. The molecule has 0 fully saturated rings. The SMILES string of the molecule is CC(C)(C)c1ccc(OCc2nnc(CN)o2)cc1. The molecule has 0 bridgehead atoms. The zero-order valence-electron chi connectivity index (χ0n) is 11.5. The second-order valence-corrected chi connectivity index (χ2v) is 5.36. The van der Waals surface area contributed by atoms with E-state index in [0.717, 1.165) is 5.75 Å². The lowest BCUT2D eigenvalue weighted by Crippen LogP contribution is -2.10. The summed E-state index contributed by atoms with van der Waals surface area (Å²) in [6.45, 7) is 7.02. The first-order valence-electron chi connectivity index (χ1n) is 6.23. The zero-order valence-corrected chi connectivity index (χ0v) is 11.5. The highest BCUT2D eigenvalue weighted by Crippen LogP contribution is 2.24. The van der Waals surface area contributed by atoms with E-state index in [1.54, 1.807) is 0 Å². The largest absolute Gasteiger partial charge is 0.484 e. The molecule has 0 spiro atoms. The first-order valence-corrected chi connectivity index (χ1v) is 6.23. The van der Waals surface area contributed by atoms with Crippen LogP contribution in [0.5, 0.6) is 5.75 Å². The summed E-state index contributed by atoms with van der Waals surface area (Å²) >= 11 is 0. The van der Waals surface area contributed by atoms with Gasteiger partial charge in [-0.05, 0) is 23.1 Å². The summed E-state index contributed by atoms with van der Waals surface area (Å²) in [5.74, 6) is 1.63. The average Bonchev–Trinajstić information content (AvgIpc) is 2.84. The zero-order chi connectivity index (χ0) is 13.9. The predicted octanol–water partition coefficient (Wildman–Crippen LogP) is 2.40. The van der Waals surface area contributed by atoms with Gasteiger partial charge in [-0.3, -0.25) is 0 Å². The molecular weight excluding hydrogens is 242 g/mol. The lowest BCUT2D eigenvalue weighted by Gasteiger charge is -2.19. The normalized spacial score (nSPS) is 11.6. The van der Waals surface area contributed by atoms with E-state index in [0.29, 0.717) is 11.8 Å². The van der Waals surface area contributed by atoms with E-state index in [4.69, 9.17) is 14.9 Å². The Hall–Kier alpha value is -1.88. The van der Waals surface area contributed by atoms with Crippen LogP contribution in [0.25, 0.3) is 0 Å². The molecule has 0 saturated carbocycles. The van der Waals surface area contributed by atoms with Crippen molar-refractivity contribution in [3.63, 3.8) is 0 Å². The molecule has 0 aliphatic carbocycles. The second kappa shape index (κ2) is 5.40. The van der Waals surface area contributed by atoms with Crippen LogP contribution >= 0.6 is 0 Å². The molecule has 0 unspecified atom stereocenters. The maximum absolute atomic E-state index is 5.58. The van der Waals surface area contributed by atoms with Gasteiger partial charge in [-0.2, -0.15) is 0 Å². The van der Waals surface area contributed by atoms with Crippen LogP contribution < -0.4 is 10.5 Å². The van der Waals surface area contributed by atoms with Gasteiger partial charge in [0.15, 0.2) is 6.61 Å². The van der Waals surface area contributed by atoms with Crippen LogP contribution in [0, 0.1) is 0 Å². The predicted molar refractivity (Wildman–Crippen MR) is 71.7 cm³/mol. The van der Waals surface area contributed by atoms with Crippen molar-refractivity contribution >= 4 is 0 Å². The summed E-state index contributed by atoms with van der Waals surface area (Å²) in [4.78, 5) is 0. The monoisotopic (exact) mass is 261 g/mol. The Morgan fingerprint density at radius 3 is 2.26 bits per heavy atom. The summed E-state index contributed by atoms with van der Waals surface area (Å²) in [5, 5.41) is 7.61. The number of nitrogens with two attached hydrogens (primary N) is 1. The second-order valence-electron chi connectivity index (χ2n) is 5.36. The topological polar surface area (TPSA) is 74.2 Å². The van der Waals surface area contributed by atoms with E-state index < -0.39 is 0 Å². The maximum Gasteiger partial charge on any atom is 0.253 e. The van der Waals surface area contributed by atoms with Crippen molar-refractivity contribution < 1.29 is 9.15 Å². The van der Waals surface area contributed by atoms with Crippen LogP contribution in [0.3, 0.4) is 0 Å². The van der Waals surface area contributed by atoms with Crippen LogP contribution in [0.1, 0.15) is 38.1 Å². The summed E-state index contributed by atoms with van der Waals surface area (Å²) in [6.07, 6.45) is 0. The number of benzene rings is 1. The lowest BCUT2D eigenvalue weighted by atomic mass is 9.87. The fraction of sp³-hybridized carbons (Fsp3) is 0.429. The van der Waals surface area contributed by atoms with Crippen molar-refractivity contribution in [2.75, 3.05) is 0 Å². The molecule has 5 nitrogen and oxygen atoms in total. The summed E-state index contributed by atoms with van der Waals surface area (Å²) in [7, 11) is 0. The molecule has 2 N–H and O–H groups in total. The molecule has 0 saturated heterocycles. The minimum Gasteiger partial charge on any atom is -0.484 e. The third-order valence-corrected chi connectivity index (χ3v) is 2.77. The molecule has 5 heteroatoms. The molecule has 19 heavy (non-hydrogen) atoms. The molecule has 0 atom stereocenters. The lowest BCUT2D eigenvalue weighted by molar-refractivity contribution is 0.259. The molecule has 1 aromatic carbocycles.